The molecule has 176 valence electrons. The average molecular weight is 568 g/mol. The van der Waals surface area contributed by atoms with E-state index in [1.807, 2.05) is 13.0 Å². The van der Waals surface area contributed by atoms with Crippen molar-refractivity contribution in [3.63, 3.8) is 0 Å². The van der Waals surface area contributed by atoms with Gasteiger partial charge >= 0.3 is 0 Å². The van der Waals surface area contributed by atoms with Crippen LogP contribution in [0, 0.1) is 5.82 Å². The van der Waals surface area contributed by atoms with Crippen LogP contribution in [0.4, 0.5) is 4.39 Å². The zero-order valence-corrected chi connectivity index (χ0v) is 21.2. The van der Waals surface area contributed by atoms with E-state index in [0.29, 0.717) is 32.2 Å². The fourth-order valence-electron chi connectivity index (χ4n) is 3.64. The topological polar surface area (TPSA) is 91.8 Å². The second kappa shape index (κ2) is 12.3. The Labute approximate surface area is 202 Å². The molecule has 1 aromatic carbocycles. The Morgan fingerprint density at radius 2 is 2.10 bits per heavy atom. The van der Waals surface area contributed by atoms with Crippen LogP contribution in [0.3, 0.4) is 0 Å². The molecule has 3 N–H and O–H groups in total. The highest BCUT2D eigenvalue weighted by molar-refractivity contribution is 14.0. The first kappa shape index (κ1) is 26.3. The minimum Gasteiger partial charge on any atom is -0.377 e. The highest BCUT2D eigenvalue weighted by atomic mass is 127. The summed E-state index contributed by atoms with van der Waals surface area (Å²) < 4.78 is 46.3. The number of nitrogens with zero attached hydrogens (tertiary/aromatic N) is 1. The van der Waals surface area contributed by atoms with Crippen molar-refractivity contribution in [2.75, 3.05) is 38.5 Å². The first-order valence-corrected chi connectivity index (χ1v) is 12.4. The van der Waals surface area contributed by atoms with Crippen LogP contribution in [0.2, 0.25) is 0 Å². The van der Waals surface area contributed by atoms with Gasteiger partial charge in [0, 0.05) is 31.7 Å². The summed E-state index contributed by atoms with van der Waals surface area (Å²) in [5, 5.41) is 6.24. The van der Waals surface area contributed by atoms with Crippen molar-refractivity contribution in [2.45, 2.75) is 50.5 Å². The summed E-state index contributed by atoms with van der Waals surface area (Å²) in [4.78, 5) is 4.63. The molecule has 7 nitrogen and oxygen atoms in total. The van der Waals surface area contributed by atoms with Gasteiger partial charge in [0.05, 0.1) is 18.4 Å². The molecule has 2 aliphatic rings. The van der Waals surface area contributed by atoms with Gasteiger partial charge in [-0.2, -0.15) is 0 Å². The van der Waals surface area contributed by atoms with Crippen molar-refractivity contribution < 1.29 is 17.5 Å². The third-order valence-corrected chi connectivity index (χ3v) is 6.99. The number of hydrogen-bond acceptors (Lipinski definition) is 4. The molecule has 2 fully saturated rings. The van der Waals surface area contributed by atoms with Gasteiger partial charge in [-0.05, 0) is 56.7 Å². The minimum absolute atomic E-state index is 0. The molecular weight excluding hydrogens is 534 g/mol. The third kappa shape index (κ3) is 8.47. The van der Waals surface area contributed by atoms with Gasteiger partial charge in [-0.1, -0.05) is 12.1 Å². The number of rotatable bonds is 10. The molecule has 0 bridgehead atoms. The average Bonchev–Trinajstić information content (AvgIpc) is 3.53. The molecule has 1 saturated heterocycles. The normalized spacial score (nSPS) is 20.6. The van der Waals surface area contributed by atoms with Gasteiger partial charge in [-0.15, -0.1) is 24.0 Å². The Kier molecular flexibility index (Phi) is 10.4. The summed E-state index contributed by atoms with van der Waals surface area (Å²) in [5.41, 5.74) is 0.858. The summed E-state index contributed by atoms with van der Waals surface area (Å²) in [6, 6.07) is 6.70. The molecule has 1 aliphatic heterocycles. The van der Waals surface area contributed by atoms with Crippen LogP contribution in [0.15, 0.2) is 29.3 Å². The molecule has 1 atom stereocenters. The maximum Gasteiger partial charge on any atom is 0.213 e. The zero-order valence-electron chi connectivity index (χ0n) is 18.0. The Balaban J connectivity index is 0.00000341. The Morgan fingerprint density at radius 3 is 2.74 bits per heavy atom. The third-order valence-electron chi connectivity index (χ3n) is 5.64. The lowest BCUT2D eigenvalue weighted by atomic mass is 9.96. The number of ether oxygens (including phenoxy) is 1. The minimum atomic E-state index is -3.39. The second-order valence-corrected chi connectivity index (χ2v) is 9.99. The molecule has 3 rings (SSSR count). The van der Waals surface area contributed by atoms with E-state index < -0.39 is 10.0 Å². The van der Waals surface area contributed by atoms with Gasteiger partial charge in [0.15, 0.2) is 5.96 Å². The predicted octanol–water partition coefficient (Wildman–Crippen LogP) is 2.52. The van der Waals surface area contributed by atoms with E-state index in [4.69, 9.17) is 4.74 Å². The van der Waals surface area contributed by atoms with Crippen molar-refractivity contribution in [1.29, 1.82) is 0 Å². The Hall–Kier alpha value is -0.980. The smallest absolute Gasteiger partial charge is 0.213 e. The van der Waals surface area contributed by atoms with Crippen LogP contribution in [-0.4, -0.2) is 59.0 Å². The molecule has 0 amide bonds. The van der Waals surface area contributed by atoms with Gasteiger partial charge in [0.2, 0.25) is 10.0 Å². The zero-order chi connectivity index (χ0) is 21.5. The van der Waals surface area contributed by atoms with Crippen LogP contribution in [0.25, 0.3) is 0 Å². The summed E-state index contributed by atoms with van der Waals surface area (Å²) in [6.07, 6.45) is 4.93. The maximum atomic E-state index is 13.6. The molecule has 10 heteroatoms. The number of guanidine groups is 1. The van der Waals surface area contributed by atoms with Gasteiger partial charge in [-0.3, -0.25) is 4.99 Å². The van der Waals surface area contributed by atoms with Crippen LogP contribution < -0.4 is 15.4 Å². The van der Waals surface area contributed by atoms with Gasteiger partial charge in [-0.25, -0.2) is 17.5 Å². The number of benzene rings is 1. The van der Waals surface area contributed by atoms with E-state index in [1.165, 1.54) is 6.07 Å². The fraction of sp³-hybridized carbons (Fsp3) is 0.667. The SMILES string of the molecule is CCNC(=NCC1(c2cccc(F)c2)CC1)NCCS(=O)(=O)NCC1CCCCO1.I. The Bertz CT molecular complexity index is 828. The largest absolute Gasteiger partial charge is 0.377 e. The number of nitrogens with one attached hydrogen (secondary N) is 3. The van der Waals surface area contributed by atoms with Crippen molar-refractivity contribution in [2.24, 2.45) is 4.99 Å². The van der Waals surface area contributed by atoms with E-state index in [2.05, 4.69) is 20.3 Å². The standard InChI is InChI=1S/C21H33FN4O3S.HI/c1-2-23-20(25-16-21(9-10-21)17-6-5-7-18(22)14-17)24-11-13-30(27,28)26-15-19-8-3-4-12-29-19;/h5-7,14,19,26H,2-4,8-13,15-16H2,1H3,(H2,23,24,25);1H. The second-order valence-electron chi connectivity index (χ2n) is 8.07. The van der Waals surface area contributed by atoms with Crippen LogP contribution in [-0.2, 0) is 20.2 Å². The van der Waals surface area contributed by atoms with E-state index in [9.17, 15) is 12.8 Å². The monoisotopic (exact) mass is 568 g/mol. The van der Waals surface area contributed by atoms with Crippen LogP contribution in [0.5, 0.6) is 0 Å². The summed E-state index contributed by atoms with van der Waals surface area (Å²) >= 11 is 0. The van der Waals surface area contributed by atoms with Crippen LogP contribution >= 0.6 is 24.0 Å². The lowest BCUT2D eigenvalue weighted by molar-refractivity contribution is 0.0200. The van der Waals surface area contributed by atoms with E-state index in [-0.39, 0.29) is 53.6 Å². The molecule has 1 saturated carbocycles. The van der Waals surface area contributed by atoms with E-state index in [1.54, 1.807) is 12.1 Å². The first-order chi connectivity index (χ1) is 14.4. The Morgan fingerprint density at radius 1 is 1.29 bits per heavy atom. The summed E-state index contributed by atoms with van der Waals surface area (Å²) in [6.45, 7) is 4.44. The maximum absolute atomic E-state index is 13.6. The summed E-state index contributed by atoms with van der Waals surface area (Å²) in [5.74, 6) is 0.300. The van der Waals surface area contributed by atoms with Crippen LogP contribution in [0.1, 0.15) is 44.6 Å². The highest BCUT2D eigenvalue weighted by Gasteiger charge is 2.44. The predicted molar refractivity (Wildman–Crippen MR) is 132 cm³/mol. The molecule has 1 aromatic rings. The summed E-state index contributed by atoms with van der Waals surface area (Å²) in [7, 11) is -3.39. The molecule has 0 radical (unpaired) electrons. The number of hydrogen-bond donors (Lipinski definition) is 3. The van der Waals surface area contributed by atoms with Crippen molar-refractivity contribution >= 4 is 40.0 Å². The van der Waals surface area contributed by atoms with Gasteiger partial charge in [0.25, 0.3) is 0 Å². The van der Waals surface area contributed by atoms with E-state index >= 15 is 0 Å². The molecular formula is C21H34FIN4O3S. The van der Waals surface area contributed by atoms with Crippen molar-refractivity contribution in [3.05, 3.63) is 35.6 Å². The lowest BCUT2D eigenvalue weighted by Crippen LogP contribution is -2.43. The van der Waals surface area contributed by atoms with E-state index in [0.717, 1.165) is 37.7 Å². The quantitative estimate of drug-likeness (QED) is 0.229. The number of aliphatic imine (C=N–C) groups is 1. The molecule has 0 spiro atoms. The fourth-order valence-corrected chi connectivity index (χ4v) is 4.60. The molecule has 31 heavy (non-hydrogen) atoms. The van der Waals surface area contributed by atoms with Crippen molar-refractivity contribution in [1.82, 2.24) is 15.4 Å². The molecule has 1 unspecified atom stereocenters. The molecule has 0 aromatic heterocycles. The first-order valence-electron chi connectivity index (χ1n) is 10.8. The molecule has 1 heterocycles. The van der Waals surface area contributed by atoms with Gasteiger partial charge < -0.3 is 15.4 Å². The molecule has 1 aliphatic carbocycles. The highest BCUT2D eigenvalue weighted by Crippen LogP contribution is 2.48. The van der Waals surface area contributed by atoms with Gasteiger partial charge in [0.1, 0.15) is 5.82 Å². The number of halogens is 2. The lowest BCUT2D eigenvalue weighted by Gasteiger charge is -2.22. The van der Waals surface area contributed by atoms with Crippen molar-refractivity contribution in [3.8, 4) is 0 Å². The number of sulfonamides is 1.